The highest BCUT2D eigenvalue weighted by Gasteiger charge is 2.33. The molecule has 84 valence electrons. The quantitative estimate of drug-likeness (QED) is 0.761. The van der Waals surface area contributed by atoms with E-state index in [-0.39, 0.29) is 6.54 Å². The molecule has 1 unspecified atom stereocenters. The smallest absolute Gasteiger partial charge is 0.408 e. The van der Waals surface area contributed by atoms with Gasteiger partial charge in [-0.3, -0.25) is 9.69 Å². The van der Waals surface area contributed by atoms with Crippen molar-refractivity contribution >= 4 is 22.9 Å². The first-order valence-electron chi connectivity index (χ1n) is 4.85. The summed E-state index contributed by atoms with van der Waals surface area (Å²) in [7, 11) is 0. The third kappa shape index (κ3) is 1.88. The molecular weight excluding hydrogens is 230 g/mol. The predicted octanol–water partition coefficient (Wildman–Crippen LogP) is 1.86. The largest absolute Gasteiger partial charge is 0.465 e. The SMILES string of the molecule is O=C(Cl)C1Cc2ccccc2CN1C(=O)O. The Morgan fingerprint density at radius 2 is 1.94 bits per heavy atom. The van der Waals surface area contributed by atoms with Crippen LogP contribution in [0.2, 0.25) is 0 Å². The van der Waals surface area contributed by atoms with Crippen LogP contribution in [-0.2, 0) is 17.8 Å². The summed E-state index contributed by atoms with van der Waals surface area (Å²) >= 11 is 5.42. The molecule has 0 bridgehead atoms. The highest BCUT2D eigenvalue weighted by atomic mass is 35.5. The Morgan fingerprint density at radius 3 is 2.50 bits per heavy atom. The molecule has 0 radical (unpaired) electrons. The normalized spacial score (nSPS) is 19.1. The van der Waals surface area contributed by atoms with Crippen molar-refractivity contribution in [2.24, 2.45) is 0 Å². The summed E-state index contributed by atoms with van der Waals surface area (Å²) in [4.78, 5) is 23.3. The van der Waals surface area contributed by atoms with Crippen LogP contribution in [0, 0.1) is 0 Å². The van der Waals surface area contributed by atoms with Crippen LogP contribution in [-0.4, -0.2) is 27.4 Å². The molecule has 1 aromatic rings. The van der Waals surface area contributed by atoms with Gasteiger partial charge < -0.3 is 5.11 Å². The number of carbonyl (C=O) groups is 2. The Kier molecular flexibility index (Phi) is 2.83. The number of nitrogens with zero attached hydrogens (tertiary/aromatic N) is 1. The van der Waals surface area contributed by atoms with E-state index in [4.69, 9.17) is 16.7 Å². The standard InChI is InChI=1S/C11H10ClNO3/c12-10(14)9-5-7-3-1-2-4-8(7)6-13(9)11(15)16/h1-4,9H,5-6H2,(H,15,16). The van der Waals surface area contributed by atoms with Gasteiger partial charge in [0, 0.05) is 6.42 Å². The molecule has 0 fully saturated rings. The number of benzene rings is 1. The maximum absolute atomic E-state index is 11.2. The van der Waals surface area contributed by atoms with Gasteiger partial charge in [0.15, 0.2) is 0 Å². The van der Waals surface area contributed by atoms with Crippen LogP contribution in [0.4, 0.5) is 4.79 Å². The van der Waals surface area contributed by atoms with Crippen molar-refractivity contribution in [2.75, 3.05) is 0 Å². The average Bonchev–Trinajstić information content (AvgIpc) is 2.27. The molecule has 2 rings (SSSR count). The van der Waals surface area contributed by atoms with Gasteiger partial charge in [-0.25, -0.2) is 4.79 Å². The van der Waals surface area contributed by atoms with Crippen LogP contribution in [0.1, 0.15) is 11.1 Å². The fraction of sp³-hybridized carbons (Fsp3) is 0.273. The molecule has 1 aliphatic heterocycles. The van der Waals surface area contributed by atoms with Gasteiger partial charge in [-0.2, -0.15) is 0 Å². The lowest BCUT2D eigenvalue weighted by Gasteiger charge is -2.32. The fourth-order valence-electron chi connectivity index (χ4n) is 1.93. The molecule has 0 saturated carbocycles. The summed E-state index contributed by atoms with van der Waals surface area (Å²) in [5, 5.41) is 8.37. The van der Waals surface area contributed by atoms with E-state index < -0.39 is 17.4 Å². The van der Waals surface area contributed by atoms with Gasteiger partial charge in [-0.05, 0) is 22.7 Å². The third-order valence-corrected chi connectivity index (χ3v) is 3.01. The number of amides is 1. The second kappa shape index (κ2) is 4.14. The van der Waals surface area contributed by atoms with E-state index in [2.05, 4.69) is 0 Å². The molecule has 1 amide bonds. The van der Waals surface area contributed by atoms with E-state index in [0.29, 0.717) is 6.42 Å². The minimum atomic E-state index is -1.12. The van der Waals surface area contributed by atoms with Crippen LogP contribution in [0.25, 0.3) is 0 Å². The van der Waals surface area contributed by atoms with Crippen molar-refractivity contribution in [3.63, 3.8) is 0 Å². The summed E-state index contributed by atoms with van der Waals surface area (Å²) in [5.74, 6) is 0. The Balaban J connectivity index is 2.37. The van der Waals surface area contributed by atoms with Crippen molar-refractivity contribution in [1.82, 2.24) is 4.90 Å². The van der Waals surface area contributed by atoms with Crippen molar-refractivity contribution < 1.29 is 14.7 Å². The van der Waals surface area contributed by atoms with Gasteiger partial charge in [0.05, 0.1) is 6.54 Å². The number of carboxylic acid groups (broad SMARTS) is 1. The van der Waals surface area contributed by atoms with Gasteiger partial charge in [-0.1, -0.05) is 24.3 Å². The molecule has 0 spiro atoms. The summed E-state index contributed by atoms with van der Waals surface area (Å²) in [6, 6.07) is 6.70. The van der Waals surface area contributed by atoms with Crippen molar-refractivity contribution in [1.29, 1.82) is 0 Å². The van der Waals surface area contributed by atoms with E-state index in [0.717, 1.165) is 16.0 Å². The first-order valence-corrected chi connectivity index (χ1v) is 5.23. The number of halogens is 1. The Morgan fingerprint density at radius 1 is 1.31 bits per heavy atom. The zero-order valence-corrected chi connectivity index (χ0v) is 9.15. The van der Waals surface area contributed by atoms with E-state index in [9.17, 15) is 9.59 Å². The Hall–Kier alpha value is -1.55. The lowest BCUT2D eigenvalue weighted by Crippen LogP contribution is -2.46. The molecule has 5 heteroatoms. The van der Waals surface area contributed by atoms with Crippen molar-refractivity contribution in [2.45, 2.75) is 19.0 Å². The van der Waals surface area contributed by atoms with Crippen LogP contribution >= 0.6 is 11.6 Å². The minimum absolute atomic E-state index is 0.217. The zero-order chi connectivity index (χ0) is 11.7. The molecule has 1 atom stereocenters. The maximum Gasteiger partial charge on any atom is 0.408 e. The second-order valence-corrected chi connectivity index (χ2v) is 4.08. The minimum Gasteiger partial charge on any atom is -0.465 e. The highest BCUT2D eigenvalue weighted by Crippen LogP contribution is 2.24. The fourth-order valence-corrected chi connectivity index (χ4v) is 2.12. The van der Waals surface area contributed by atoms with Crippen molar-refractivity contribution in [3.05, 3.63) is 35.4 Å². The first kappa shape index (κ1) is 11.0. The van der Waals surface area contributed by atoms with E-state index in [1.54, 1.807) is 0 Å². The topological polar surface area (TPSA) is 57.6 Å². The molecule has 16 heavy (non-hydrogen) atoms. The van der Waals surface area contributed by atoms with Gasteiger partial charge in [0.1, 0.15) is 6.04 Å². The lowest BCUT2D eigenvalue weighted by atomic mass is 9.95. The van der Waals surface area contributed by atoms with Crippen molar-refractivity contribution in [3.8, 4) is 0 Å². The van der Waals surface area contributed by atoms with Crippen LogP contribution < -0.4 is 0 Å². The number of hydrogen-bond acceptors (Lipinski definition) is 2. The number of fused-ring (bicyclic) bond motifs is 1. The monoisotopic (exact) mass is 239 g/mol. The molecule has 4 nitrogen and oxygen atoms in total. The van der Waals surface area contributed by atoms with Crippen LogP contribution in [0.15, 0.2) is 24.3 Å². The summed E-state index contributed by atoms with van der Waals surface area (Å²) in [6.45, 7) is 0.217. The second-order valence-electron chi connectivity index (χ2n) is 3.70. The van der Waals surface area contributed by atoms with Crippen LogP contribution in [0.3, 0.4) is 0 Å². The van der Waals surface area contributed by atoms with Gasteiger partial charge in [-0.15, -0.1) is 0 Å². The molecular formula is C11H10ClNO3. The number of hydrogen-bond donors (Lipinski definition) is 1. The van der Waals surface area contributed by atoms with Gasteiger partial charge in [0.2, 0.25) is 5.24 Å². The number of rotatable bonds is 1. The Labute approximate surface area is 97.4 Å². The molecule has 1 aliphatic rings. The molecule has 1 heterocycles. The molecule has 0 aliphatic carbocycles. The first-order chi connectivity index (χ1) is 7.59. The van der Waals surface area contributed by atoms with Gasteiger partial charge >= 0.3 is 6.09 Å². The third-order valence-electron chi connectivity index (χ3n) is 2.76. The van der Waals surface area contributed by atoms with E-state index in [1.165, 1.54) is 0 Å². The van der Waals surface area contributed by atoms with E-state index in [1.807, 2.05) is 24.3 Å². The predicted molar refractivity (Wildman–Crippen MR) is 58.4 cm³/mol. The molecule has 1 N–H and O–H groups in total. The Bertz CT molecular complexity index is 406. The summed E-state index contributed by atoms with van der Waals surface area (Å²) in [5.41, 5.74) is 1.91. The van der Waals surface area contributed by atoms with Gasteiger partial charge in [0.25, 0.3) is 0 Å². The molecule has 0 aromatic heterocycles. The summed E-state index contributed by atoms with van der Waals surface area (Å²) in [6.07, 6.45) is -0.765. The lowest BCUT2D eigenvalue weighted by molar-refractivity contribution is -0.116. The molecule has 1 aromatic carbocycles. The maximum atomic E-state index is 11.2. The highest BCUT2D eigenvalue weighted by molar-refractivity contribution is 6.64. The van der Waals surface area contributed by atoms with E-state index >= 15 is 0 Å². The van der Waals surface area contributed by atoms with Crippen LogP contribution in [0.5, 0.6) is 0 Å². The number of carbonyl (C=O) groups excluding carboxylic acids is 1. The zero-order valence-electron chi connectivity index (χ0n) is 8.39. The summed E-state index contributed by atoms with van der Waals surface area (Å²) < 4.78 is 0. The molecule has 0 saturated heterocycles. The average molecular weight is 240 g/mol.